The molecular weight excluding hydrogens is 230 g/mol. The van der Waals surface area contributed by atoms with Crippen LogP contribution in [0.5, 0.6) is 0 Å². The Morgan fingerprint density at radius 1 is 1.11 bits per heavy atom. The molecule has 1 fully saturated rings. The van der Waals surface area contributed by atoms with E-state index in [9.17, 15) is 0 Å². The fourth-order valence-electron chi connectivity index (χ4n) is 3.74. The highest BCUT2D eigenvalue weighted by atomic mass is 15.0. The molecule has 0 amide bonds. The number of benzene rings is 1. The lowest BCUT2D eigenvalue weighted by Gasteiger charge is -2.21. The highest BCUT2D eigenvalue weighted by Crippen LogP contribution is 2.72. The predicted molar refractivity (Wildman–Crippen MR) is 83.3 cm³/mol. The van der Waals surface area contributed by atoms with Crippen LogP contribution >= 0.6 is 0 Å². The average Bonchev–Trinajstić information content (AvgIpc) is 2.77. The van der Waals surface area contributed by atoms with Crippen molar-refractivity contribution in [1.82, 2.24) is 5.32 Å². The fourth-order valence-corrected chi connectivity index (χ4v) is 3.74. The van der Waals surface area contributed by atoms with Crippen LogP contribution in [0.4, 0.5) is 0 Å². The second-order valence-corrected chi connectivity index (χ2v) is 7.05. The minimum atomic E-state index is 0.419. The molecular formula is C18H29N. The molecule has 1 heteroatoms. The number of nitrogens with one attached hydrogen (secondary N) is 1. The first-order valence-electron chi connectivity index (χ1n) is 7.68. The van der Waals surface area contributed by atoms with E-state index in [1.54, 1.807) is 0 Å². The molecule has 0 bridgehead atoms. The summed E-state index contributed by atoms with van der Waals surface area (Å²) in [6, 6.07) is 9.60. The molecule has 0 radical (unpaired) electrons. The van der Waals surface area contributed by atoms with E-state index in [0.29, 0.717) is 22.8 Å². The minimum absolute atomic E-state index is 0.419. The van der Waals surface area contributed by atoms with Crippen LogP contribution in [0, 0.1) is 16.7 Å². The lowest BCUT2D eigenvalue weighted by molar-refractivity contribution is 0.418. The number of rotatable bonds is 5. The Morgan fingerprint density at radius 2 is 1.74 bits per heavy atom. The number of hydrogen-bond donors (Lipinski definition) is 1. The highest BCUT2D eigenvalue weighted by molar-refractivity contribution is 5.31. The molecule has 1 aromatic carbocycles. The first kappa shape index (κ1) is 14.6. The molecule has 2 rings (SSSR count). The van der Waals surface area contributed by atoms with Crippen LogP contribution in [0.3, 0.4) is 0 Å². The zero-order valence-electron chi connectivity index (χ0n) is 13.4. The van der Waals surface area contributed by atoms with E-state index in [-0.39, 0.29) is 0 Å². The van der Waals surface area contributed by atoms with E-state index in [1.165, 1.54) is 11.1 Å². The topological polar surface area (TPSA) is 12.0 Å². The summed E-state index contributed by atoms with van der Waals surface area (Å²) in [5.74, 6) is 0.715. The van der Waals surface area contributed by atoms with Crippen molar-refractivity contribution in [3.8, 4) is 0 Å². The van der Waals surface area contributed by atoms with Gasteiger partial charge < -0.3 is 5.32 Å². The summed E-state index contributed by atoms with van der Waals surface area (Å²) in [5.41, 5.74) is 3.74. The lowest BCUT2D eigenvalue weighted by atomic mass is 9.94. The molecule has 1 aliphatic rings. The summed E-state index contributed by atoms with van der Waals surface area (Å²) >= 11 is 0. The molecule has 0 aromatic heterocycles. The van der Waals surface area contributed by atoms with Gasteiger partial charge >= 0.3 is 0 Å². The summed E-state index contributed by atoms with van der Waals surface area (Å²) in [6.45, 7) is 15.1. The molecule has 1 nitrogen and oxygen atoms in total. The second-order valence-electron chi connectivity index (χ2n) is 7.05. The SMILES string of the molecule is CCNC(c1cccc(CC)c1)C1C(C)(C)C1(C)C. The molecule has 0 saturated heterocycles. The molecule has 1 N–H and O–H groups in total. The van der Waals surface area contributed by atoms with Gasteiger partial charge in [0.1, 0.15) is 0 Å². The van der Waals surface area contributed by atoms with Gasteiger partial charge in [0.2, 0.25) is 0 Å². The van der Waals surface area contributed by atoms with Gasteiger partial charge in [0.15, 0.2) is 0 Å². The molecule has 1 saturated carbocycles. The molecule has 19 heavy (non-hydrogen) atoms. The zero-order valence-corrected chi connectivity index (χ0v) is 13.4. The van der Waals surface area contributed by atoms with Gasteiger partial charge in [-0.2, -0.15) is 0 Å². The Balaban J connectivity index is 2.31. The van der Waals surface area contributed by atoms with Crippen LogP contribution in [-0.4, -0.2) is 6.54 Å². The molecule has 0 heterocycles. The Hall–Kier alpha value is -0.820. The molecule has 1 aromatic rings. The molecule has 106 valence electrons. The summed E-state index contributed by atoms with van der Waals surface area (Å²) in [4.78, 5) is 0. The summed E-state index contributed by atoms with van der Waals surface area (Å²) in [6.07, 6.45) is 1.12. The third-order valence-corrected chi connectivity index (χ3v) is 5.61. The minimum Gasteiger partial charge on any atom is -0.310 e. The van der Waals surface area contributed by atoms with Gasteiger partial charge in [-0.15, -0.1) is 0 Å². The van der Waals surface area contributed by atoms with Crippen molar-refractivity contribution in [2.24, 2.45) is 16.7 Å². The molecule has 1 atom stereocenters. The smallest absolute Gasteiger partial charge is 0.0359 e. The molecule has 0 spiro atoms. The number of aryl methyl sites for hydroxylation is 1. The van der Waals surface area contributed by atoms with E-state index in [4.69, 9.17) is 0 Å². The van der Waals surface area contributed by atoms with Crippen LogP contribution in [0.2, 0.25) is 0 Å². The van der Waals surface area contributed by atoms with E-state index >= 15 is 0 Å². The first-order valence-corrected chi connectivity index (χ1v) is 7.68. The molecule has 1 aliphatic carbocycles. The van der Waals surface area contributed by atoms with Gasteiger partial charge in [-0.25, -0.2) is 0 Å². The third kappa shape index (κ3) is 2.33. The van der Waals surface area contributed by atoms with Crippen molar-refractivity contribution >= 4 is 0 Å². The normalized spacial score (nSPS) is 22.2. The third-order valence-electron chi connectivity index (χ3n) is 5.61. The van der Waals surface area contributed by atoms with E-state index < -0.39 is 0 Å². The molecule has 1 unspecified atom stereocenters. The van der Waals surface area contributed by atoms with Crippen LogP contribution < -0.4 is 5.32 Å². The van der Waals surface area contributed by atoms with E-state index in [2.05, 4.69) is 71.1 Å². The second kappa shape index (κ2) is 4.94. The van der Waals surface area contributed by atoms with Gasteiger partial charge in [-0.1, -0.05) is 65.8 Å². The van der Waals surface area contributed by atoms with Gasteiger partial charge in [0.05, 0.1) is 0 Å². The Bertz CT molecular complexity index is 431. The lowest BCUT2D eigenvalue weighted by Crippen LogP contribution is -2.25. The van der Waals surface area contributed by atoms with Crippen molar-refractivity contribution in [3.05, 3.63) is 35.4 Å². The first-order chi connectivity index (χ1) is 8.86. The summed E-state index contributed by atoms with van der Waals surface area (Å²) in [7, 11) is 0. The van der Waals surface area contributed by atoms with Gasteiger partial charge in [0, 0.05) is 6.04 Å². The monoisotopic (exact) mass is 259 g/mol. The van der Waals surface area contributed by atoms with Crippen molar-refractivity contribution in [2.45, 2.75) is 54.0 Å². The predicted octanol–water partition coefficient (Wildman–Crippen LogP) is 4.58. The Kier molecular flexibility index (Phi) is 3.79. The fraction of sp³-hybridized carbons (Fsp3) is 0.667. The number of hydrogen-bond acceptors (Lipinski definition) is 1. The summed E-state index contributed by atoms with van der Waals surface area (Å²) in [5, 5.41) is 3.72. The maximum absolute atomic E-state index is 3.72. The Morgan fingerprint density at radius 3 is 2.21 bits per heavy atom. The zero-order chi connectivity index (χ0) is 14.3. The molecule has 0 aliphatic heterocycles. The van der Waals surface area contributed by atoms with Crippen molar-refractivity contribution < 1.29 is 0 Å². The maximum atomic E-state index is 3.72. The van der Waals surface area contributed by atoms with Crippen molar-refractivity contribution in [1.29, 1.82) is 0 Å². The summed E-state index contributed by atoms with van der Waals surface area (Å²) < 4.78 is 0. The average molecular weight is 259 g/mol. The van der Waals surface area contributed by atoms with Gasteiger partial charge in [0.25, 0.3) is 0 Å². The standard InChI is InChI=1S/C18H29N/c1-7-13-10-9-11-14(12-13)15(19-8-2)16-17(3,4)18(16,5)6/h9-12,15-16,19H,7-8H2,1-6H3. The maximum Gasteiger partial charge on any atom is 0.0359 e. The van der Waals surface area contributed by atoms with Crippen molar-refractivity contribution in [3.63, 3.8) is 0 Å². The van der Waals surface area contributed by atoms with E-state index in [1.807, 2.05) is 0 Å². The largest absolute Gasteiger partial charge is 0.310 e. The highest BCUT2D eigenvalue weighted by Gasteiger charge is 2.67. The quantitative estimate of drug-likeness (QED) is 0.816. The van der Waals surface area contributed by atoms with Crippen LogP contribution in [0.1, 0.15) is 58.7 Å². The van der Waals surface area contributed by atoms with E-state index in [0.717, 1.165) is 13.0 Å². The van der Waals surface area contributed by atoms with Gasteiger partial charge in [-0.3, -0.25) is 0 Å². The van der Waals surface area contributed by atoms with Crippen LogP contribution in [0.15, 0.2) is 24.3 Å². The van der Waals surface area contributed by atoms with Gasteiger partial charge in [-0.05, 0) is 40.8 Å². The van der Waals surface area contributed by atoms with Crippen LogP contribution in [-0.2, 0) is 6.42 Å². The van der Waals surface area contributed by atoms with Crippen LogP contribution in [0.25, 0.3) is 0 Å². The van der Waals surface area contributed by atoms with Crippen molar-refractivity contribution in [2.75, 3.05) is 6.54 Å². The Labute approximate surface area is 118 Å².